The van der Waals surface area contributed by atoms with Crippen LogP contribution in [0.4, 0.5) is 0 Å². The summed E-state index contributed by atoms with van der Waals surface area (Å²) in [6.45, 7) is 6.84. The highest BCUT2D eigenvalue weighted by atomic mass is 16.5. The van der Waals surface area contributed by atoms with Gasteiger partial charge < -0.3 is 4.74 Å². The maximum atomic E-state index is 12.7. The van der Waals surface area contributed by atoms with Crippen LogP contribution < -0.4 is 0 Å². The first-order valence-corrected chi connectivity index (χ1v) is 6.87. The van der Waals surface area contributed by atoms with Gasteiger partial charge in [-0.3, -0.25) is 9.69 Å². The van der Waals surface area contributed by atoms with Crippen LogP contribution in [-0.2, 0) is 9.53 Å². The molecule has 0 bridgehead atoms. The van der Waals surface area contributed by atoms with E-state index in [1.165, 1.54) is 0 Å². The van der Waals surface area contributed by atoms with Crippen molar-refractivity contribution in [1.29, 1.82) is 0 Å². The standard InChI is InChI=1S/C14H23NO2/c1-3-15(4-2)14(9-5-6-10-14)13(16)12-8-7-11-17-12/h8H,3-7,9-11H2,1-2H3. The summed E-state index contributed by atoms with van der Waals surface area (Å²) in [4.78, 5) is 15.0. The van der Waals surface area contributed by atoms with Crippen LogP contribution in [0.15, 0.2) is 11.8 Å². The van der Waals surface area contributed by atoms with Gasteiger partial charge in [0.2, 0.25) is 5.78 Å². The average Bonchev–Trinajstić information content (AvgIpc) is 3.02. The molecule has 1 saturated carbocycles. The zero-order valence-electron chi connectivity index (χ0n) is 11.0. The molecule has 2 aliphatic rings. The third-order valence-electron chi connectivity index (χ3n) is 4.15. The lowest BCUT2D eigenvalue weighted by Crippen LogP contribution is -2.53. The Kier molecular flexibility index (Phi) is 3.87. The van der Waals surface area contributed by atoms with Gasteiger partial charge in [0.15, 0.2) is 5.76 Å². The van der Waals surface area contributed by atoms with E-state index in [9.17, 15) is 4.79 Å². The molecule has 0 spiro atoms. The molecule has 96 valence electrons. The summed E-state index contributed by atoms with van der Waals surface area (Å²) in [5, 5.41) is 0. The van der Waals surface area contributed by atoms with Crippen LogP contribution >= 0.6 is 0 Å². The highest BCUT2D eigenvalue weighted by Crippen LogP contribution is 2.38. The largest absolute Gasteiger partial charge is 0.490 e. The van der Waals surface area contributed by atoms with E-state index in [0.717, 1.165) is 45.2 Å². The van der Waals surface area contributed by atoms with Gasteiger partial charge in [-0.15, -0.1) is 0 Å². The van der Waals surface area contributed by atoms with E-state index in [2.05, 4.69) is 18.7 Å². The Labute approximate surface area is 104 Å². The molecular formula is C14H23NO2. The van der Waals surface area contributed by atoms with Crippen molar-refractivity contribution in [2.45, 2.75) is 51.5 Å². The monoisotopic (exact) mass is 237 g/mol. The minimum atomic E-state index is -0.264. The van der Waals surface area contributed by atoms with Gasteiger partial charge in [-0.05, 0) is 32.0 Å². The van der Waals surface area contributed by atoms with Crippen molar-refractivity contribution in [2.75, 3.05) is 19.7 Å². The predicted octanol–water partition coefficient (Wildman–Crippen LogP) is 2.51. The number of hydrogen-bond acceptors (Lipinski definition) is 3. The Morgan fingerprint density at radius 1 is 1.35 bits per heavy atom. The Hall–Kier alpha value is -0.830. The van der Waals surface area contributed by atoms with Crippen molar-refractivity contribution >= 4 is 5.78 Å². The van der Waals surface area contributed by atoms with Gasteiger partial charge in [0.25, 0.3) is 0 Å². The normalized spacial score (nSPS) is 22.6. The maximum absolute atomic E-state index is 12.7. The lowest BCUT2D eigenvalue weighted by molar-refractivity contribution is -0.130. The smallest absolute Gasteiger partial charge is 0.217 e. The van der Waals surface area contributed by atoms with E-state index in [1.54, 1.807) is 0 Å². The van der Waals surface area contributed by atoms with E-state index in [4.69, 9.17) is 4.74 Å². The number of ether oxygens (including phenoxy) is 1. The van der Waals surface area contributed by atoms with Gasteiger partial charge >= 0.3 is 0 Å². The molecule has 1 aliphatic heterocycles. The summed E-state index contributed by atoms with van der Waals surface area (Å²) in [7, 11) is 0. The molecule has 1 aliphatic carbocycles. The van der Waals surface area contributed by atoms with Crippen LogP contribution in [-0.4, -0.2) is 35.9 Å². The first kappa shape index (κ1) is 12.6. The van der Waals surface area contributed by atoms with Crippen molar-refractivity contribution < 1.29 is 9.53 Å². The molecule has 0 radical (unpaired) electrons. The van der Waals surface area contributed by atoms with Crippen molar-refractivity contribution in [1.82, 2.24) is 4.90 Å². The number of nitrogens with zero attached hydrogens (tertiary/aromatic N) is 1. The molecule has 3 nitrogen and oxygen atoms in total. The minimum absolute atomic E-state index is 0.233. The molecule has 0 atom stereocenters. The first-order valence-electron chi connectivity index (χ1n) is 6.87. The van der Waals surface area contributed by atoms with E-state index in [0.29, 0.717) is 12.4 Å². The first-order chi connectivity index (χ1) is 8.24. The Morgan fingerprint density at radius 2 is 2.00 bits per heavy atom. The molecule has 0 amide bonds. The summed E-state index contributed by atoms with van der Waals surface area (Å²) in [5.74, 6) is 0.856. The molecule has 1 heterocycles. The second-order valence-corrected chi connectivity index (χ2v) is 4.95. The number of Topliss-reactive ketones (excluding diaryl/α,β-unsaturated/α-hetero) is 1. The van der Waals surface area contributed by atoms with Gasteiger partial charge in [-0.2, -0.15) is 0 Å². The topological polar surface area (TPSA) is 29.5 Å². The lowest BCUT2D eigenvalue weighted by atomic mass is 9.88. The SMILES string of the molecule is CCN(CC)C1(C(=O)C2=CCCO2)CCCC1. The van der Waals surface area contributed by atoms with Crippen molar-refractivity contribution in [2.24, 2.45) is 0 Å². The van der Waals surface area contributed by atoms with Crippen LogP contribution in [0.25, 0.3) is 0 Å². The van der Waals surface area contributed by atoms with Crippen LogP contribution in [0, 0.1) is 0 Å². The molecule has 0 saturated heterocycles. The minimum Gasteiger partial charge on any atom is -0.490 e. The Balaban J connectivity index is 2.24. The number of carbonyl (C=O) groups is 1. The van der Waals surface area contributed by atoms with Gasteiger partial charge in [0.05, 0.1) is 12.1 Å². The summed E-state index contributed by atoms with van der Waals surface area (Å²) < 4.78 is 5.48. The number of rotatable bonds is 5. The van der Waals surface area contributed by atoms with E-state index >= 15 is 0 Å². The van der Waals surface area contributed by atoms with Crippen LogP contribution in [0.5, 0.6) is 0 Å². The third-order valence-corrected chi connectivity index (χ3v) is 4.15. The zero-order chi connectivity index (χ0) is 12.3. The van der Waals surface area contributed by atoms with Gasteiger partial charge in [-0.1, -0.05) is 26.7 Å². The number of carbonyl (C=O) groups excluding carboxylic acids is 1. The molecule has 2 rings (SSSR count). The number of likely N-dealkylation sites (N-methyl/N-ethyl adjacent to an activating group) is 1. The zero-order valence-corrected chi connectivity index (χ0v) is 11.0. The summed E-state index contributed by atoms with van der Waals surface area (Å²) in [6.07, 6.45) is 7.16. The second kappa shape index (κ2) is 5.21. The van der Waals surface area contributed by atoms with Crippen LogP contribution in [0.2, 0.25) is 0 Å². The van der Waals surface area contributed by atoms with Crippen LogP contribution in [0.3, 0.4) is 0 Å². The highest BCUT2D eigenvalue weighted by Gasteiger charge is 2.46. The van der Waals surface area contributed by atoms with Crippen molar-refractivity contribution in [3.05, 3.63) is 11.8 Å². The lowest BCUT2D eigenvalue weighted by Gasteiger charge is -2.38. The summed E-state index contributed by atoms with van der Waals surface area (Å²) >= 11 is 0. The van der Waals surface area contributed by atoms with Crippen molar-refractivity contribution in [3.8, 4) is 0 Å². The van der Waals surface area contributed by atoms with Crippen molar-refractivity contribution in [3.63, 3.8) is 0 Å². The number of hydrogen-bond donors (Lipinski definition) is 0. The molecule has 0 aromatic carbocycles. The molecule has 0 unspecified atom stereocenters. The van der Waals surface area contributed by atoms with E-state index < -0.39 is 0 Å². The molecule has 3 heteroatoms. The van der Waals surface area contributed by atoms with Gasteiger partial charge in [-0.25, -0.2) is 0 Å². The van der Waals surface area contributed by atoms with Gasteiger partial charge in [0.1, 0.15) is 0 Å². The fraction of sp³-hybridized carbons (Fsp3) is 0.786. The third kappa shape index (κ3) is 2.13. The highest BCUT2D eigenvalue weighted by molar-refractivity contribution is 6.01. The Morgan fingerprint density at radius 3 is 2.47 bits per heavy atom. The van der Waals surface area contributed by atoms with Gasteiger partial charge in [0, 0.05) is 6.42 Å². The quantitative estimate of drug-likeness (QED) is 0.736. The van der Waals surface area contributed by atoms with E-state index in [1.807, 2.05) is 6.08 Å². The molecule has 17 heavy (non-hydrogen) atoms. The van der Waals surface area contributed by atoms with E-state index in [-0.39, 0.29) is 11.3 Å². The summed E-state index contributed by atoms with van der Waals surface area (Å²) in [5.41, 5.74) is -0.264. The number of ketones is 1. The summed E-state index contributed by atoms with van der Waals surface area (Å²) in [6, 6.07) is 0. The predicted molar refractivity (Wildman–Crippen MR) is 67.8 cm³/mol. The Bertz CT molecular complexity index is 312. The molecule has 0 N–H and O–H groups in total. The second-order valence-electron chi connectivity index (χ2n) is 4.95. The molecule has 0 aromatic heterocycles. The molecule has 0 aromatic rings. The van der Waals surface area contributed by atoms with Crippen LogP contribution in [0.1, 0.15) is 46.0 Å². The average molecular weight is 237 g/mol. The molecule has 1 fully saturated rings. The fourth-order valence-electron chi connectivity index (χ4n) is 3.28. The maximum Gasteiger partial charge on any atom is 0.217 e. The fourth-order valence-corrected chi connectivity index (χ4v) is 3.28. The molecular weight excluding hydrogens is 214 g/mol.